The molecule has 0 aliphatic heterocycles. The lowest BCUT2D eigenvalue weighted by atomic mass is 9.85. The summed E-state index contributed by atoms with van der Waals surface area (Å²) >= 11 is 0.749. The van der Waals surface area contributed by atoms with Crippen LogP contribution in [0, 0.1) is 0 Å². The molecular formula is C27H34N2O6S2. The third-order valence-electron chi connectivity index (χ3n) is 6.45. The Labute approximate surface area is 223 Å². The van der Waals surface area contributed by atoms with E-state index in [1.54, 1.807) is 0 Å². The van der Waals surface area contributed by atoms with E-state index in [0.717, 1.165) is 60.7 Å². The molecule has 0 saturated carbocycles. The van der Waals surface area contributed by atoms with Gasteiger partial charge < -0.3 is 9.80 Å². The Kier molecular flexibility index (Phi) is 10.4. The van der Waals surface area contributed by atoms with Gasteiger partial charge in [-0.2, -0.15) is 8.42 Å². The lowest BCUT2D eigenvalue weighted by Gasteiger charge is -2.25. The second-order valence-electron chi connectivity index (χ2n) is 8.36. The second-order valence-corrected chi connectivity index (χ2v) is 10.5. The standard InChI is InChI=1S/C27H34N2O6S2/c1-5-28(6-2)22-13-9-20(10-14-22)27(21-11-15-23(16-12-21)29(7-3)8-4)25-19-24(37(31,32)33)17-18-26(25)36-35-34-30/h9-19,27,30H,5-8H2,1-4H3,(H,31,32,33). The zero-order valence-electron chi connectivity index (χ0n) is 21.5. The predicted octanol–water partition coefficient (Wildman–Crippen LogP) is 6.23. The molecule has 0 atom stereocenters. The van der Waals surface area contributed by atoms with Crippen LogP contribution in [0.15, 0.2) is 76.5 Å². The van der Waals surface area contributed by atoms with Crippen LogP contribution in [0.25, 0.3) is 0 Å². The molecule has 3 aromatic carbocycles. The Morgan fingerprint density at radius 2 is 1.24 bits per heavy atom. The molecule has 0 saturated heterocycles. The summed E-state index contributed by atoms with van der Waals surface area (Å²) in [6.45, 7) is 11.9. The minimum Gasteiger partial charge on any atom is -0.372 e. The normalized spacial score (nSPS) is 11.6. The molecule has 0 heterocycles. The quantitative estimate of drug-likeness (QED) is 0.0849. The van der Waals surface area contributed by atoms with Crippen LogP contribution in [-0.2, 0) is 19.5 Å². The summed E-state index contributed by atoms with van der Waals surface area (Å²) in [5.41, 5.74) is 4.59. The van der Waals surface area contributed by atoms with E-state index in [4.69, 9.17) is 9.59 Å². The summed E-state index contributed by atoms with van der Waals surface area (Å²) in [4.78, 5) is 4.77. The summed E-state index contributed by atoms with van der Waals surface area (Å²) in [5.74, 6) is -0.400. The first-order chi connectivity index (χ1) is 17.8. The van der Waals surface area contributed by atoms with Crippen molar-refractivity contribution in [2.75, 3.05) is 36.0 Å². The summed E-state index contributed by atoms with van der Waals surface area (Å²) in [5, 5.41) is 12.6. The van der Waals surface area contributed by atoms with Gasteiger partial charge in [-0.1, -0.05) is 29.3 Å². The largest absolute Gasteiger partial charge is 0.372 e. The highest BCUT2D eigenvalue weighted by atomic mass is 32.2. The highest BCUT2D eigenvalue weighted by Gasteiger charge is 2.24. The van der Waals surface area contributed by atoms with Crippen molar-refractivity contribution < 1.29 is 27.6 Å². The number of hydrogen-bond donors (Lipinski definition) is 2. The van der Waals surface area contributed by atoms with Gasteiger partial charge in [0.25, 0.3) is 10.1 Å². The van der Waals surface area contributed by atoms with E-state index in [0.29, 0.717) is 10.5 Å². The molecule has 0 fully saturated rings. The van der Waals surface area contributed by atoms with Crippen LogP contribution in [0.2, 0.25) is 0 Å². The van der Waals surface area contributed by atoms with Crippen molar-refractivity contribution in [3.8, 4) is 0 Å². The van der Waals surface area contributed by atoms with Crippen molar-refractivity contribution in [3.05, 3.63) is 83.4 Å². The number of hydrogen-bond acceptors (Lipinski definition) is 8. The first-order valence-corrected chi connectivity index (χ1v) is 14.4. The van der Waals surface area contributed by atoms with Gasteiger partial charge in [0.05, 0.1) is 16.9 Å². The van der Waals surface area contributed by atoms with E-state index in [-0.39, 0.29) is 4.90 Å². The molecule has 0 radical (unpaired) electrons. The van der Waals surface area contributed by atoms with Gasteiger partial charge in [0.2, 0.25) is 0 Å². The fourth-order valence-electron chi connectivity index (χ4n) is 4.52. The van der Waals surface area contributed by atoms with Gasteiger partial charge in [-0.3, -0.25) is 4.55 Å². The van der Waals surface area contributed by atoms with Gasteiger partial charge >= 0.3 is 0 Å². The smallest absolute Gasteiger partial charge is 0.294 e. The van der Waals surface area contributed by atoms with Crippen LogP contribution in [-0.4, -0.2) is 44.4 Å². The van der Waals surface area contributed by atoms with E-state index in [2.05, 4.69) is 42.5 Å². The second kappa shape index (κ2) is 13.3. The molecule has 0 bridgehead atoms. The average molecular weight is 547 g/mol. The molecule has 10 heteroatoms. The highest BCUT2D eigenvalue weighted by molar-refractivity contribution is 7.94. The van der Waals surface area contributed by atoms with E-state index in [1.807, 2.05) is 48.5 Å². The van der Waals surface area contributed by atoms with Gasteiger partial charge in [-0.15, -0.1) is 4.33 Å². The van der Waals surface area contributed by atoms with E-state index >= 15 is 0 Å². The van der Waals surface area contributed by atoms with Crippen molar-refractivity contribution in [2.45, 2.75) is 43.4 Å². The van der Waals surface area contributed by atoms with Crippen molar-refractivity contribution in [2.24, 2.45) is 0 Å². The molecule has 0 unspecified atom stereocenters. The van der Waals surface area contributed by atoms with Crippen LogP contribution in [0.5, 0.6) is 0 Å². The topological polar surface area (TPSA) is 99.5 Å². The third-order valence-corrected chi connectivity index (χ3v) is 7.98. The Bertz CT molecular complexity index is 1190. The maximum atomic E-state index is 12.0. The van der Waals surface area contributed by atoms with Gasteiger partial charge in [-0.25, -0.2) is 5.26 Å². The maximum absolute atomic E-state index is 12.0. The van der Waals surface area contributed by atoms with Crippen LogP contribution in [0.4, 0.5) is 11.4 Å². The molecule has 0 amide bonds. The van der Waals surface area contributed by atoms with Crippen LogP contribution >= 0.6 is 12.0 Å². The first kappa shape index (κ1) is 29.0. The Morgan fingerprint density at radius 1 is 0.784 bits per heavy atom. The number of benzene rings is 3. The van der Waals surface area contributed by atoms with Crippen molar-refractivity contribution in [3.63, 3.8) is 0 Å². The molecule has 3 rings (SSSR count). The summed E-state index contributed by atoms with van der Waals surface area (Å²) < 4.78 is 38.5. The summed E-state index contributed by atoms with van der Waals surface area (Å²) in [7, 11) is -4.45. The van der Waals surface area contributed by atoms with Crippen LogP contribution in [0.3, 0.4) is 0 Å². The number of rotatable bonds is 13. The van der Waals surface area contributed by atoms with Gasteiger partial charge in [0, 0.05) is 48.4 Å². The van der Waals surface area contributed by atoms with Crippen LogP contribution < -0.4 is 9.80 Å². The Balaban J connectivity index is 2.21. The molecule has 200 valence electrons. The van der Waals surface area contributed by atoms with E-state index < -0.39 is 16.0 Å². The van der Waals surface area contributed by atoms with E-state index in [9.17, 15) is 13.0 Å². The molecule has 8 nitrogen and oxygen atoms in total. The molecule has 2 N–H and O–H groups in total. The molecule has 0 aromatic heterocycles. The van der Waals surface area contributed by atoms with Crippen LogP contribution in [0.1, 0.15) is 50.3 Å². The monoisotopic (exact) mass is 546 g/mol. The zero-order valence-corrected chi connectivity index (χ0v) is 23.1. The lowest BCUT2D eigenvalue weighted by molar-refractivity contribution is -0.432. The number of nitrogens with zero attached hydrogens (tertiary/aromatic N) is 2. The average Bonchev–Trinajstić information content (AvgIpc) is 2.90. The van der Waals surface area contributed by atoms with E-state index in [1.165, 1.54) is 18.2 Å². The molecule has 37 heavy (non-hydrogen) atoms. The highest BCUT2D eigenvalue weighted by Crippen LogP contribution is 2.40. The lowest BCUT2D eigenvalue weighted by Crippen LogP contribution is -2.22. The fraction of sp³-hybridized carbons (Fsp3) is 0.333. The van der Waals surface area contributed by atoms with Gasteiger partial charge in [-0.05, 0) is 86.8 Å². The minimum atomic E-state index is -4.45. The molecule has 0 aliphatic rings. The molecule has 0 aliphatic carbocycles. The molecule has 0 spiro atoms. The zero-order chi connectivity index (χ0) is 27.0. The maximum Gasteiger partial charge on any atom is 0.294 e. The molecule has 3 aromatic rings. The molecular weight excluding hydrogens is 512 g/mol. The summed E-state index contributed by atoms with van der Waals surface area (Å²) in [6, 6.07) is 20.5. The first-order valence-electron chi connectivity index (χ1n) is 12.2. The SMILES string of the molecule is CCN(CC)c1ccc(C(c2ccc(N(CC)CC)cc2)c2cc(S(=O)(=O)O)ccc2SOOO)cc1. The number of anilines is 2. The van der Waals surface area contributed by atoms with Gasteiger partial charge in [0.1, 0.15) is 0 Å². The van der Waals surface area contributed by atoms with Crippen molar-refractivity contribution in [1.29, 1.82) is 0 Å². The minimum absolute atomic E-state index is 0.235. The van der Waals surface area contributed by atoms with Crippen molar-refractivity contribution >= 4 is 33.5 Å². The Hall–Kier alpha value is -2.60. The summed E-state index contributed by atoms with van der Waals surface area (Å²) in [6.07, 6.45) is 0. The predicted molar refractivity (Wildman–Crippen MR) is 148 cm³/mol. The fourth-order valence-corrected chi connectivity index (χ4v) is 5.54. The Morgan fingerprint density at radius 3 is 1.62 bits per heavy atom. The van der Waals surface area contributed by atoms with Crippen molar-refractivity contribution in [1.82, 2.24) is 0 Å². The third kappa shape index (κ3) is 7.04. The van der Waals surface area contributed by atoms with Gasteiger partial charge in [0.15, 0.2) is 0 Å².